The number of hydrogen-bond acceptors (Lipinski definition) is 4. The molecule has 1 aromatic carbocycles. The average Bonchev–Trinajstić information content (AvgIpc) is 2.37. The first-order chi connectivity index (χ1) is 8.24. The van der Waals surface area contributed by atoms with Gasteiger partial charge in [0, 0.05) is 38.0 Å². The van der Waals surface area contributed by atoms with E-state index in [2.05, 4.69) is 9.88 Å². The van der Waals surface area contributed by atoms with E-state index in [0.29, 0.717) is 6.61 Å². The number of methoxy groups -OCH3 is 1. The van der Waals surface area contributed by atoms with Gasteiger partial charge in [-0.1, -0.05) is 0 Å². The topological polar surface area (TPSA) is 51.4 Å². The van der Waals surface area contributed by atoms with E-state index in [1.807, 2.05) is 31.3 Å². The Morgan fingerprint density at radius 2 is 2.18 bits per heavy atom. The zero-order chi connectivity index (χ0) is 12.3. The monoisotopic (exact) mass is 231 g/mol. The van der Waals surface area contributed by atoms with Crippen LogP contribution in [0.15, 0.2) is 30.5 Å². The number of hydrogen-bond donors (Lipinski definition) is 1. The van der Waals surface area contributed by atoms with E-state index >= 15 is 0 Å². The van der Waals surface area contributed by atoms with Crippen LogP contribution < -0.4 is 10.6 Å². The second-order valence-electron chi connectivity index (χ2n) is 3.99. The molecule has 0 aliphatic heterocycles. The van der Waals surface area contributed by atoms with Crippen LogP contribution in [-0.2, 0) is 4.74 Å². The summed E-state index contributed by atoms with van der Waals surface area (Å²) >= 11 is 0. The summed E-state index contributed by atoms with van der Waals surface area (Å²) < 4.78 is 5.08. The quantitative estimate of drug-likeness (QED) is 0.816. The van der Waals surface area contributed by atoms with Gasteiger partial charge < -0.3 is 15.4 Å². The number of fused-ring (bicyclic) bond motifs is 1. The van der Waals surface area contributed by atoms with Crippen LogP contribution >= 0.6 is 0 Å². The highest BCUT2D eigenvalue weighted by Gasteiger charge is 2.08. The fraction of sp³-hybridized carbons (Fsp3) is 0.308. The van der Waals surface area contributed by atoms with Gasteiger partial charge in [-0.2, -0.15) is 0 Å². The predicted octanol–water partition coefficient (Wildman–Crippen LogP) is 1.90. The van der Waals surface area contributed by atoms with Crippen LogP contribution in [0.3, 0.4) is 0 Å². The molecule has 0 aliphatic carbocycles. The highest BCUT2D eigenvalue weighted by atomic mass is 16.5. The maximum atomic E-state index is 5.94. The average molecular weight is 231 g/mol. The van der Waals surface area contributed by atoms with Crippen LogP contribution in [0.5, 0.6) is 0 Å². The summed E-state index contributed by atoms with van der Waals surface area (Å²) in [5.74, 6) is 0. The van der Waals surface area contributed by atoms with Crippen LogP contribution in [0.1, 0.15) is 0 Å². The molecule has 2 aromatic rings. The maximum Gasteiger partial charge on any atom is 0.0955 e. The van der Waals surface area contributed by atoms with Crippen molar-refractivity contribution in [3.63, 3.8) is 0 Å². The van der Waals surface area contributed by atoms with Crippen molar-refractivity contribution in [1.82, 2.24) is 4.98 Å². The van der Waals surface area contributed by atoms with Crippen molar-refractivity contribution >= 4 is 22.3 Å². The molecule has 0 radical (unpaired) electrons. The Hall–Kier alpha value is -1.81. The zero-order valence-corrected chi connectivity index (χ0v) is 10.2. The number of nitrogens with two attached hydrogens (primary N) is 1. The summed E-state index contributed by atoms with van der Waals surface area (Å²) in [6, 6.07) is 7.81. The van der Waals surface area contributed by atoms with Gasteiger partial charge in [-0.25, -0.2) is 0 Å². The van der Waals surface area contributed by atoms with Gasteiger partial charge in [0.25, 0.3) is 0 Å². The lowest BCUT2D eigenvalue weighted by Gasteiger charge is -2.20. The van der Waals surface area contributed by atoms with Gasteiger partial charge in [0.15, 0.2) is 0 Å². The Balaban J connectivity index is 2.44. The molecule has 2 N–H and O–H groups in total. The summed E-state index contributed by atoms with van der Waals surface area (Å²) in [4.78, 5) is 6.53. The summed E-state index contributed by atoms with van der Waals surface area (Å²) in [5, 5.41) is 0.995. The van der Waals surface area contributed by atoms with Gasteiger partial charge in [-0.15, -0.1) is 0 Å². The molecule has 4 heteroatoms. The first-order valence-corrected chi connectivity index (χ1v) is 5.57. The number of pyridine rings is 1. The van der Waals surface area contributed by atoms with Crippen molar-refractivity contribution in [2.24, 2.45) is 0 Å². The summed E-state index contributed by atoms with van der Waals surface area (Å²) in [6.07, 6.45) is 1.79. The van der Waals surface area contributed by atoms with Crippen LogP contribution in [0.2, 0.25) is 0 Å². The van der Waals surface area contributed by atoms with Crippen molar-refractivity contribution in [2.45, 2.75) is 0 Å². The van der Waals surface area contributed by atoms with E-state index < -0.39 is 0 Å². The van der Waals surface area contributed by atoms with Crippen LogP contribution in [0.25, 0.3) is 10.9 Å². The number of ether oxygens (including phenoxy) is 1. The van der Waals surface area contributed by atoms with E-state index in [4.69, 9.17) is 10.5 Å². The highest BCUT2D eigenvalue weighted by Crippen LogP contribution is 2.28. The molecule has 1 aromatic heterocycles. The number of aromatic nitrogens is 1. The van der Waals surface area contributed by atoms with Crippen molar-refractivity contribution in [3.05, 3.63) is 30.5 Å². The fourth-order valence-corrected chi connectivity index (χ4v) is 1.84. The SMILES string of the molecule is COCCN(C)c1ccc(N)c2cccnc12. The lowest BCUT2D eigenvalue weighted by atomic mass is 10.1. The molecule has 0 saturated carbocycles. The molecular weight excluding hydrogens is 214 g/mol. The van der Waals surface area contributed by atoms with Crippen LogP contribution in [-0.4, -0.2) is 32.3 Å². The number of nitrogens with zero attached hydrogens (tertiary/aromatic N) is 2. The van der Waals surface area contributed by atoms with E-state index in [9.17, 15) is 0 Å². The summed E-state index contributed by atoms with van der Waals surface area (Å²) in [5.41, 5.74) is 8.72. The molecule has 2 rings (SSSR count). The highest BCUT2D eigenvalue weighted by molar-refractivity contribution is 5.98. The van der Waals surface area contributed by atoms with Crippen molar-refractivity contribution in [2.75, 3.05) is 37.9 Å². The van der Waals surface area contributed by atoms with Gasteiger partial charge in [0.05, 0.1) is 17.8 Å². The third-order valence-corrected chi connectivity index (χ3v) is 2.82. The standard InChI is InChI=1S/C13H17N3O/c1-16(8-9-17-2)12-6-5-11(14)10-4-3-7-15-13(10)12/h3-7H,8-9,14H2,1-2H3. The number of anilines is 2. The predicted molar refractivity (Wildman–Crippen MR) is 71.3 cm³/mol. The maximum absolute atomic E-state index is 5.94. The Morgan fingerprint density at radius 1 is 1.35 bits per heavy atom. The largest absolute Gasteiger partial charge is 0.398 e. The number of likely N-dealkylation sites (N-methyl/N-ethyl adjacent to an activating group) is 1. The second kappa shape index (κ2) is 5.01. The number of rotatable bonds is 4. The Kier molecular flexibility index (Phi) is 3.44. The van der Waals surface area contributed by atoms with Gasteiger partial charge in [0.2, 0.25) is 0 Å². The smallest absolute Gasteiger partial charge is 0.0955 e. The van der Waals surface area contributed by atoms with E-state index in [0.717, 1.165) is 28.8 Å². The summed E-state index contributed by atoms with van der Waals surface area (Å²) in [7, 11) is 3.73. The first kappa shape index (κ1) is 11.7. The Labute approximate surface area is 101 Å². The van der Waals surface area contributed by atoms with Crippen LogP contribution in [0.4, 0.5) is 11.4 Å². The molecule has 0 atom stereocenters. The van der Waals surface area contributed by atoms with E-state index in [1.165, 1.54) is 0 Å². The lowest BCUT2D eigenvalue weighted by Crippen LogP contribution is -2.22. The van der Waals surface area contributed by atoms with Crippen LogP contribution in [0, 0.1) is 0 Å². The molecule has 90 valence electrons. The Morgan fingerprint density at radius 3 is 2.94 bits per heavy atom. The molecule has 0 saturated heterocycles. The van der Waals surface area contributed by atoms with E-state index in [1.54, 1.807) is 13.3 Å². The minimum absolute atomic E-state index is 0.690. The molecule has 0 fully saturated rings. The summed E-state index contributed by atoms with van der Waals surface area (Å²) in [6.45, 7) is 1.52. The molecule has 17 heavy (non-hydrogen) atoms. The zero-order valence-electron chi connectivity index (χ0n) is 10.2. The van der Waals surface area contributed by atoms with Gasteiger partial charge in [0.1, 0.15) is 0 Å². The first-order valence-electron chi connectivity index (χ1n) is 5.57. The Bertz CT molecular complexity index is 513. The molecular formula is C13H17N3O. The molecule has 4 nitrogen and oxygen atoms in total. The number of benzene rings is 1. The molecule has 0 bridgehead atoms. The third-order valence-electron chi connectivity index (χ3n) is 2.82. The fourth-order valence-electron chi connectivity index (χ4n) is 1.84. The van der Waals surface area contributed by atoms with Gasteiger partial charge >= 0.3 is 0 Å². The van der Waals surface area contributed by atoms with Gasteiger partial charge in [-0.3, -0.25) is 4.98 Å². The molecule has 0 spiro atoms. The minimum Gasteiger partial charge on any atom is -0.398 e. The minimum atomic E-state index is 0.690. The number of nitrogen functional groups attached to an aromatic ring is 1. The van der Waals surface area contributed by atoms with Gasteiger partial charge in [-0.05, 0) is 24.3 Å². The van der Waals surface area contributed by atoms with E-state index in [-0.39, 0.29) is 0 Å². The normalized spacial score (nSPS) is 10.7. The molecule has 0 aliphatic rings. The molecule has 0 amide bonds. The lowest BCUT2D eigenvalue weighted by molar-refractivity contribution is 0.206. The third kappa shape index (κ3) is 2.31. The van der Waals surface area contributed by atoms with Crippen molar-refractivity contribution in [1.29, 1.82) is 0 Å². The second-order valence-corrected chi connectivity index (χ2v) is 3.99. The van der Waals surface area contributed by atoms with Crippen molar-refractivity contribution in [3.8, 4) is 0 Å². The molecule has 1 heterocycles. The van der Waals surface area contributed by atoms with Crippen molar-refractivity contribution < 1.29 is 4.74 Å². The molecule has 0 unspecified atom stereocenters.